The number of rotatable bonds is 8. The highest BCUT2D eigenvalue weighted by molar-refractivity contribution is 14.0. The molecule has 10 heteroatoms. The van der Waals surface area contributed by atoms with Crippen molar-refractivity contribution in [1.29, 1.82) is 0 Å². The van der Waals surface area contributed by atoms with Crippen LogP contribution in [-0.4, -0.2) is 92.0 Å². The normalized spacial score (nSPS) is 22.7. The van der Waals surface area contributed by atoms with Gasteiger partial charge in [-0.25, -0.2) is 0 Å². The average Bonchev–Trinajstić information content (AvgIpc) is 3.12. The molecule has 172 valence electrons. The van der Waals surface area contributed by atoms with E-state index in [1.807, 2.05) is 18.7 Å². The third kappa shape index (κ3) is 8.98. The van der Waals surface area contributed by atoms with Crippen LogP contribution in [0.4, 0.5) is 13.2 Å². The number of hydrogen-bond donors (Lipinski definition) is 1. The molecule has 2 rings (SSSR count). The lowest BCUT2D eigenvalue weighted by Crippen LogP contribution is -2.43. The summed E-state index contributed by atoms with van der Waals surface area (Å²) in [4.78, 5) is 8.63. The number of halogens is 4. The zero-order chi connectivity index (χ0) is 20.6. The summed E-state index contributed by atoms with van der Waals surface area (Å²) in [7, 11) is 0. The molecule has 1 unspecified atom stereocenters. The molecular formula is C19H36F3IN4OS. The van der Waals surface area contributed by atoms with Gasteiger partial charge >= 0.3 is 6.18 Å². The Morgan fingerprint density at radius 3 is 2.55 bits per heavy atom. The number of hydrogen-bond acceptors (Lipinski definition) is 4. The quantitative estimate of drug-likeness (QED) is 0.283. The summed E-state index contributed by atoms with van der Waals surface area (Å²) in [5.41, 5.74) is 0. The van der Waals surface area contributed by atoms with Gasteiger partial charge in [-0.15, -0.1) is 24.0 Å². The summed E-state index contributed by atoms with van der Waals surface area (Å²) >= 11 is 1.87. The minimum atomic E-state index is -4.14. The summed E-state index contributed by atoms with van der Waals surface area (Å²) in [5, 5.41) is 3.37. The predicted octanol–water partition coefficient (Wildman–Crippen LogP) is 3.69. The number of aliphatic imine (C=N–C) groups is 1. The van der Waals surface area contributed by atoms with Gasteiger partial charge in [0.05, 0.1) is 13.1 Å². The highest BCUT2D eigenvalue weighted by Crippen LogP contribution is 2.34. The van der Waals surface area contributed by atoms with Crippen LogP contribution in [0.15, 0.2) is 4.99 Å². The van der Waals surface area contributed by atoms with Crippen LogP contribution in [0.1, 0.15) is 33.1 Å². The molecule has 1 atom stereocenters. The van der Waals surface area contributed by atoms with Gasteiger partial charge in [-0.1, -0.05) is 6.92 Å². The summed E-state index contributed by atoms with van der Waals surface area (Å²) in [6.07, 6.45) is 0.908. The Kier molecular flexibility index (Phi) is 12.0. The van der Waals surface area contributed by atoms with Gasteiger partial charge in [0.2, 0.25) is 0 Å². The molecule has 1 N–H and O–H groups in total. The van der Waals surface area contributed by atoms with E-state index in [4.69, 9.17) is 9.73 Å². The van der Waals surface area contributed by atoms with E-state index in [0.29, 0.717) is 13.1 Å². The molecule has 29 heavy (non-hydrogen) atoms. The third-order valence-corrected chi connectivity index (χ3v) is 7.04. The predicted molar refractivity (Wildman–Crippen MR) is 126 cm³/mol. The SMILES string of the molecule is CCNC(=NCC1(SC)CCOCC1)N1CCC(CN(CC)CC(F)(F)F)C1.I. The van der Waals surface area contributed by atoms with Crippen LogP contribution >= 0.6 is 35.7 Å². The van der Waals surface area contributed by atoms with Crippen LogP contribution in [0.5, 0.6) is 0 Å². The van der Waals surface area contributed by atoms with E-state index in [1.54, 1.807) is 6.92 Å². The number of nitrogens with zero attached hydrogens (tertiary/aromatic N) is 3. The first-order chi connectivity index (χ1) is 13.3. The standard InChI is InChI=1S/C19H35F3N4OS.HI/c1-4-23-17(24-14-18(28-3)7-10-27-11-8-18)26-9-6-16(13-26)12-25(5-2)15-19(20,21)22;/h16H,4-15H2,1-3H3,(H,23,24);1H. The maximum Gasteiger partial charge on any atom is 0.401 e. The fourth-order valence-corrected chi connectivity index (χ4v) is 4.68. The fourth-order valence-electron chi connectivity index (χ4n) is 3.91. The number of guanidine groups is 1. The molecule has 2 saturated heterocycles. The second-order valence-corrected chi connectivity index (χ2v) is 8.99. The van der Waals surface area contributed by atoms with Crippen molar-refractivity contribution in [2.45, 2.75) is 44.0 Å². The van der Waals surface area contributed by atoms with Crippen molar-refractivity contribution < 1.29 is 17.9 Å². The highest BCUT2D eigenvalue weighted by atomic mass is 127. The maximum atomic E-state index is 12.7. The number of nitrogens with one attached hydrogen (secondary N) is 1. The van der Waals surface area contributed by atoms with E-state index >= 15 is 0 Å². The van der Waals surface area contributed by atoms with Crippen LogP contribution < -0.4 is 5.32 Å². The Hall–Kier alpha value is 0.0600. The molecule has 2 aliphatic rings. The average molecular weight is 552 g/mol. The first kappa shape index (κ1) is 27.1. The van der Waals surface area contributed by atoms with Crippen molar-refractivity contribution in [3.05, 3.63) is 0 Å². The molecule has 0 aromatic carbocycles. The Bertz CT molecular complexity index is 504. The number of alkyl halides is 3. The minimum Gasteiger partial charge on any atom is -0.381 e. The molecule has 2 heterocycles. The smallest absolute Gasteiger partial charge is 0.381 e. The fraction of sp³-hybridized carbons (Fsp3) is 0.947. The lowest BCUT2D eigenvalue weighted by atomic mass is 9.99. The molecule has 0 aromatic heterocycles. The Morgan fingerprint density at radius 2 is 2.00 bits per heavy atom. The van der Waals surface area contributed by atoms with E-state index in [2.05, 4.69) is 16.5 Å². The molecule has 0 radical (unpaired) electrons. The van der Waals surface area contributed by atoms with Crippen molar-refractivity contribution in [2.24, 2.45) is 10.9 Å². The van der Waals surface area contributed by atoms with Gasteiger partial charge in [0.15, 0.2) is 5.96 Å². The second kappa shape index (κ2) is 12.8. The van der Waals surface area contributed by atoms with Gasteiger partial charge < -0.3 is 15.0 Å². The van der Waals surface area contributed by atoms with Crippen molar-refractivity contribution >= 4 is 41.7 Å². The van der Waals surface area contributed by atoms with Crippen LogP contribution in [-0.2, 0) is 4.74 Å². The Balaban J connectivity index is 0.00000420. The first-order valence-electron chi connectivity index (χ1n) is 10.3. The van der Waals surface area contributed by atoms with Crippen molar-refractivity contribution in [1.82, 2.24) is 15.1 Å². The lowest BCUT2D eigenvalue weighted by molar-refractivity contribution is -0.146. The monoisotopic (exact) mass is 552 g/mol. The zero-order valence-corrected chi connectivity index (χ0v) is 20.9. The van der Waals surface area contributed by atoms with E-state index < -0.39 is 12.7 Å². The molecular weight excluding hydrogens is 516 g/mol. The number of thioether (sulfide) groups is 1. The maximum absolute atomic E-state index is 12.7. The summed E-state index contributed by atoms with van der Waals surface area (Å²) in [6, 6.07) is 0. The molecule has 2 fully saturated rings. The second-order valence-electron chi connectivity index (χ2n) is 7.71. The Labute approximate surface area is 194 Å². The zero-order valence-electron chi connectivity index (χ0n) is 17.8. The van der Waals surface area contributed by atoms with Crippen molar-refractivity contribution in [2.75, 3.05) is 65.3 Å². The first-order valence-corrected chi connectivity index (χ1v) is 11.5. The van der Waals surface area contributed by atoms with Gasteiger partial charge in [0, 0.05) is 44.1 Å². The molecule has 0 aromatic rings. The topological polar surface area (TPSA) is 40.1 Å². The molecule has 0 bridgehead atoms. The van der Waals surface area contributed by atoms with Crippen LogP contribution in [0, 0.1) is 5.92 Å². The molecule has 0 saturated carbocycles. The van der Waals surface area contributed by atoms with Gasteiger partial charge in [-0.2, -0.15) is 24.9 Å². The van der Waals surface area contributed by atoms with Crippen molar-refractivity contribution in [3.63, 3.8) is 0 Å². The van der Waals surface area contributed by atoms with Gasteiger partial charge in [-0.3, -0.25) is 9.89 Å². The van der Waals surface area contributed by atoms with Gasteiger partial charge in [-0.05, 0) is 44.9 Å². The van der Waals surface area contributed by atoms with Crippen LogP contribution in [0.2, 0.25) is 0 Å². The molecule has 2 aliphatic heterocycles. The summed E-state index contributed by atoms with van der Waals surface area (Å²) in [5.74, 6) is 1.13. The Morgan fingerprint density at radius 1 is 1.31 bits per heavy atom. The number of likely N-dealkylation sites (tertiary alicyclic amines) is 1. The minimum absolute atomic E-state index is 0. The van der Waals surface area contributed by atoms with Crippen LogP contribution in [0.25, 0.3) is 0 Å². The van der Waals surface area contributed by atoms with E-state index in [-0.39, 0.29) is 34.6 Å². The molecule has 0 amide bonds. The van der Waals surface area contributed by atoms with E-state index in [9.17, 15) is 13.2 Å². The van der Waals surface area contributed by atoms with Crippen molar-refractivity contribution in [3.8, 4) is 0 Å². The highest BCUT2D eigenvalue weighted by Gasteiger charge is 2.34. The summed E-state index contributed by atoms with van der Waals surface area (Å²) in [6.45, 7) is 8.61. The van der Waals surface area contributed by atoms with Gasteiger partial charge in [0.25, 0.3) is 0 Å². The third-order valence-electron chi connectivity index (χ3n) is 5.64. The largest absolute Gasteiger partial charge is 0.401 e. The van der Waals surface area contributed by atoms with Crippen LogP contribution in [0.3, 0.4) is 0 Å². The lowest BCUT2D eigenvalue weighted by Gasteiger charge is -2.35. The summed E-state index contributed by atoms with van der Waals surface area (Å²) < 4.78 is 43.8. The molecule has 0 aliphatic carbocycles. The van der Waals surface area contributed by atoms with Gasteiger partial charge in [0.1, 0.15) is 0 Å². The molecule has 0 spiro atoms. The van der Waals surface area contributed by atoms with E-state index in [1.165, 1.54) is 4.90 Å². The molecule has 5 nitrogen and oxygen atoms in total. The van der Waals surface area contributed by atoms with E-state index in [0.717, 1.165) is 64.6 Å². The number of ether oxygens (including phenoxy) is 1.